The fourth-order valence-electron chi connectivity index (χ4n) is 2.12. The standard InChI is InChI=1S/C15H13F6NO3/c1-7-2-11(7)13(24)25-6-12(23)22-10-4-8(14(16,17)18)3-9(5-10)15(19,20)21/h3-5,7,11H,2,6H2,1H3,(H,22,23). The van der Waals surface area contributed by atoms with Gasteiger partial charge in [-0.15, -0.1) is 0 Å². The zero-order valence-corrected chi connectivity index (χ0v) is 12.8. The summed E-state index contributed by atoms with van der Waals surface area (Å²) in [6.07, 6.45) is -9.42. The molecule has 1 aromatic rings. The van der Waals surface area contributed by atoms with Gasteiger partial charge >= 0.3 is 18.3 Å². The van der Waals surface area contributed by atoms with Gasteiger partial charge in [0.15, 0.2) is 6.61 Å². The highest BCUT2D eigenvalue weighted by Crippen LogP contribution is 2.39. The molecule has 0 heterocycles. The van der Waals surface area contributed by atoms with Crippen molar-refractivity contribution in [3.63, 3.8) is 0 Å². The van der Waals surface area contributed by atoms with Crippen molar-refractivity contribution in [2.75, 3.05) is 11.9 Å². The zero-order valence-electron chi connectivity index (χ0n) is 12.8. The molecule has 4 nitrogen and oxygen atoms in total. The van der Waals surface area contributed by atoms with Gasteiger partial charge in [-0.1, -0.05) is 6.92 Å². The molecule has 25 heavy (non-hydrogen) atoms. The Morgan fingerprint density at radius 3 is 1.96 bits per heavy atom. The lowest BCUT2D eigenvalue weighted by atomic mass is 10.1. The van der Waals surface area contributed by atoms with Crippen molar-refractivity contribution < 1.29 is 40.7 Å². The predicted molar refractivity (Wildman–Crippen MR) is 73.3 cm³/mol. The second kappa shape index (κ2) is 6.57. The number of hydrogen-bond acceptors (Lipinski definition) is 3. The highest BCUT2D eigenvalue weighted by atomic mass is 19.4. The molecule has 1 N–H and O–H groups in total. The Hall–Kier alpha value is -2.26. The van der Waals surface area contributed by atoms with E-state index >= 15 is 0 Å². The number of carbonyl (C=O) groups excluding carboxylic acids is 2. The van der Waals surface area contributed by atoms with Crippen LogP contribution in [0.3, 0.4) is 0 Å². The first-order valence-corrected chi connectivity index (χ1v) is 7.14. The summed E-state index contributed by atoms with van der Waals surface area (Å²) in [6.45, 7) is 1.01. The molecule has 1 aliphatic rings. The van der Waals surface area contributed by atoms with Gasteiger partial charge in [-0.05, 0) is 30.5 Å². The molecular weight excluding hydrogens is 356 g/mol. The highest BCUT2D eigenvalue weighted by molar-refractivity contribution is 5.93. The van der Waals surface area contributed by atoms with Crippen LogP contribution in [-0.4, -0.2) is 18.5 Å². The van der Waals surface area contributed by atoms with Gasteiger partial charge in [-0.3, -0.25) is 9.59 Å². The molecule has 10 heteroatoms. The molecule has 1 saturated carbocycles. The van der Waals surface area contributed by atoms with E-state index in [9.17, 15) is 35.9 Å². The summed E-state index contributed by atoms with van der Waals surface area (Å²) < 4.78 is 80.9. The van der Waals surface area contributed by atoms with Gasteiger partial charge in [0.25, 0.3) is 5.91 Å². The maximum Gasteiger partial charge on any atom is 0.416 e. The van der Waals surface area contributed by atoms with Crippen LogP contribution in [0, 0.1) is 11.8 Å². The Bertz CT molecular complexity index is 651. The Kier molecular flexibility index (Phi) is 5.01. The molecule has 0 spiro atoms. The van der Waals surface area contributed by atoms with Crippen molar-refractivity contribution in [2.45, 2.75) is 25.7 Å². The number of ether oxygens (including phenoxy) is 1. The van der Waals surface area contributed by atoms with Gasteiger partial charge in [-0.25, -0.2) is 0 Å². The lowest BCUT2D eigenvalue weighted by molar-refractivity contribution is -0.148. The third-order valence-corrected chi connectivity index (χ3v) is 3.63. The Balaban J connectivity index is 2.09. The molecule has 1 amide bonds. The van der Waals surface area contributed by atoms with Gasteiger partial charge in [0, 0.05) is 5.69 Å². The monoisotopic (exact) mass is 369 g/mol. The smallest absolute Gasteiger partial charge is 0.416 e. The van der Waals surface area contributed by atoms with Crippen molar-refractivity contribution in [3.8, 4) is 0 Å². The number of hydrogen-bond donors (Lipinski definition) is 1. The molecule has 2 atom stereocenters. The largest absolute Gasteiger partial charge is 0.455 e. The average molecular weight is 369 g/mol. The topological polar surface area (TPSA) is 55.4 Å². The minimum atomic E-state index is -5.02. The molecule has 1 fully saturated rings. The summed E-state index contributed by atoms with van der Waals surface area (Å²) in [6, 6.07) is 0.694. The van der Waals surface area contributed by atoms with E-state index in [1.165, 1.54) is 0 Å². The average Bonchev–Trinajstić information content (AvgIpc) is 3.19. The van der Waals surface area contributed by atoms with Crippen molar-refractivity contribution in [1.82, 2.24) is 0 Å². The Labute approximate surface area is 138 Å². The van der Waals surface area contributed by atoms with Gasteiger partial charge in [0.1, 0.15) is 0 Å². The third kappa shape index (κ3) is 5.10. The van der Waals surface area contributed by atoms with E-state index in [4.69, 9.17) is 0 Å². The second-order valence-corrected chi connectivity index (χ2v) is 5.77. The van der Waals surface area contributed by atoms with E-state index in [1.807, 2.05) is 5.32 Å². The molecule has 0 saturated heterocycles. The van der Waals surface area contributed by atoms with Gasteiger partial charge in [0.05, 0.1) is 17.0 Å². The van der Waals surface area contributed by atoms with Crippen molar-refractivity contribution in [1.29, 1.82) is 0 Å². The molecule has 0 radical (unpaired) electrons. The first-order chi connectivity index (χ1) is 11.4. The van der Waals surface area contributed by atoms with Crippen molar-refractivity contribution in [2.24, 2.45) is 11.8 Å². The van der Waals surface area contributed by atoms with E-state index < -0.39 is 47.7 Å². The second-order valence-electron chi connectivity index (χ2n) is 5.77. The lowest BCUT2D eigenvalue weighted by Gasteiger charge is -2.14. The Morgan fingerprint density at radius 2 is 1.56 bits per heavy atom. The van der Waals surface area contributed by atoms with Crippen molar-refractivity contribution >= 4 is 17.6 Å². The van der Waals surface area contributed by atoms with Crippen LogP contribution in [-0.2, 0) is 26.7 Å². The van der Waals surface area contributed by atoms with Crippen LogP contribution in [0.1, 0.15) is 24.5 Å². The van der Waals surface area contributed by atoms with Crippen LogP contribution < -0.4 is 5.32 Å². The minimum Gasteiger partial charge on any atom is -0.455 e. The van der Waals surface area contributed by atoms with Crippen LogP contribution in [0.2, 0.25) is 0 Å². The summed E-state index contributed by atoms with van der Waals surface area (Å²) in [5, 5.41) is 1.88. The fraction of sp³-hybridized carbons (Fsp3) is 0.467. The number of esters is 1. The normalized spacial score (nSPS) is 20.1. The molecule has 1 aliphatic carbocycles. The summed E-state index contributed by atoms with van der Waals surface area (Å²) in [7, 11) is 0. The minimum absolute atomic E-state index is 0.0514. The van der Waals surface area contributed by atoms with Gasteiger partial charge < -0.3 is 10.1 Å². The number of nitrogens with one attached hydrogen (secondary N) is 1. The Morgan fingerprint density at radius 1 is 1.08 bits per heavy atom. The molecule has 2 unspecified atom stereocenters. The van der Waals surface area contributed by atoms with Crippen LogP contribution in [0.4, 0.5) is 32.0 Å². The summed E-state index contributed by atoms with van der Waals surface area (Å²) >= 11 is 0. The van der Waals surface area contributed by atoms with Gasteiger partial charge in [0.2, 0.25) is 0 Å². The van der Waals surface area contributed by atoms with E-state index in [-0.39, 0.29) is 17.9 Å². The van der Waals surface area contributed by atoms with Crippen LogP contribution in [0.5, 0.6) is 0 Å². The summed E-state index contributed by atoms with van der Waals surface area (Å²) in [5.74, 6) is -1.84. The first-order valence-electron chi connectivity index (χ1n) is 7.14. The predicted octanol–water partition coefficient (Wildman–Crippen LogP) is 3.86. The van der Waals surface area contributed by atoms with Crippen LogP contribution in [0.15, 0.2) is 18.2 Å². The van der Waals surface area contributed by atoms with E-state index in [1.54, 1.807) is 6.92 Å². The quantitative estimate of drug-likeness (QED) is 0.648. The number of anilines is 1. The number of halogens is 6. The summed E-state index contributed by atoms with van der Waals surface area (Å²) in [5.41, 5.74) is -3.80. The number of benzene rings is 1. The van der Waals surface area contributed by atoms with Crippen LogP contribution >= 0.6 is 0 Å². The molecular formula is C15H13F6NO3. The molecule has 138 valence electrons. The molecule has 1 aromatic carbocycles. The van der Waals surface area contributed by atoms with Gasteiger partial charge in [-0.2, -0.15) is 26.3 Å². The SMILES string of the molecule is CC1CC1C(=O)OCC(=O)Nc1cc(C(F)(F)F)cc(C(F)(F)F)c1. The fourth-order valence-corrected chi connectivity index (χ4v) is 2.12. The molecule has 0 aliphatic heterocycles. The lowest BCUT2D eigenvalue weighted by Crippen LogP contribution is -2.22. The maximum atomic E-state index is 12.7. The van der Waals surface area contributed by atoms with E-state index in [0.29, 0.717) is 18.6 Å². The molecule has 0 bridgehead atoms. The van der Waals surface area contributed by atoms with E-state index in [2.05, 4.69) is 4.74 Å². The first kappa shape index (κ1) is 19.1. The molecule has 0 aromatic heterocycles. The van der Waals surface area contributed by atoms with Crippen molar-refractivity contribution in [3.05, 3.63) is 29.3 Å². The maximum absolute atomic E-state index is 12.7. The number of carbonyl (C=O) groups is 2. The molecule has 2 rings (SSSR count). The number of amides is 1. The number of alkyl halides is 6. The zero-order chi connectivity index (χ0) is 19.0. The third-order valence-electron chi connectivity index (χ3n) is 3.63. The van der Waals surface area contributed by atoms with Crippen LogP contribution in [0.25, 0.3) is 0 Å². The number of rotatable bonds is 4. The summed E-state index contributed by atoms with van der Waals surface area (Å²) in [4.78, 5) is 23.1. The highest BCUT2D eigenvalue weighted by Gasteiger charge is 2.41. The van der Waals surface area contributed by atoms with E-state index in [0.717, 1.165) is 0 Å².